The fraction of sp³-hybridized carbons (Fsp3) is 0.290. The van der Waals surface area contributed by atoms with E-state index in [0.29, 0.717) is 41.4 Å². The summed E-state index contributed by atoms with van der Waals surface area (Å²) in [6.07, 6.45) is 0.684. The van der Waals surface area contributed by atoms with E-state index in [1.807, 2.05) is 68.1 Å². The smallest absolute Gasteiger partial charge is 0.336 e. The number of benzene rings is 3. The normalized spacial score (nSPS) is 14.8. The highest BCUT2D eigenvalue weighted by Gasteiger charge is 2.33. The molecule has 1 aromatic heterocycles. The first-order valence-corrected chi connectivity index (χ1v) is 12.6. The predicted octanol–water partition coefficient (Wildman–Crippen LogP) is 5.55. The van der Waals surface area contributed by atoms with Crippen molar-refractivity contribution in [2.45, 2.75) is 33.2 Å². The average Bonchev–Trinajstić information content (AvgIpc) is 2.91. The van der Waals surface area contributed by atoms with Crippen molar-refractivity contribution < 1.29 is 23.4 Å². The number of carbonyl (C=O) groups is 1. The van der Waals surface area contributed by atoms with Crippen LogP contribution in [-0.2, 0) is 6.42 Å². The lowest BCUT2D eigenvalue weighted by molar-refractivity contribution is 0.0589. The number of rotatable bonds is 6. The van der Waals surface area contributed by atoms with Crippen LogP contribution >= 0.6 is 0 Å². The van der Waals surface area contributed by atoms with Gasteiger partial charge in [0.2, 0.25) is 0 Å². The first kappa shape index (κ1) is 25.4. The van der Waals surface area contributed by atoms with Crippen LogP contribution in [0.3, 0.4) is 0 Å². The van der Waals surface area contributed by atoms with Crippen molar-refractivity contribution in [2.24, 2.45) is 0 Å². The molecule has 1 aliphatic rings. The molecule has 7 nitrogen and oxygen atoms in total. The summed E-state index contributed by atoms with van der Waals surface area (Å²) in [4.78, 5) is 27.5. The van der Waals surface area contributed by atoms with Gasteiger partial charge in [-0.2, -0.15) is 0 Å². The fourth-order valence-corrected chi connectivity index (χ4v) is 5.06. The Morgan fingerprint density at radius 1 is 0.921 bits per heavy atom. The first-order valence-electron chi connectivity index (χ1n) is 12.6. The molecule has 0 spiro atoms. The highest BCUT2D eigenvalue weighted by atomic mass is 16.5. The number of hydrogen-bond acceptors (Lipinski definition) is 6. The number of hydrogen-bond donors (Lipinski definition) is 0. The molecule has 1 atom stereocenters. The summed E-state index contributed by atoms with van der Waals surface area (Å²) < 4.78 is 22.8. The summed E-state index contributed by atoms with van der Waals surface area (Å²) in [5.41, 5.74) is 5.79. The number of ether oxygens (including phenoxy) is 3. The zero-order chi connectivity index (χ0) is 27.0. The summed E-state index contributed by atoms with van der Waals surface area (Å²) in [6.45, 7) is 6.66. The molecule has 0 aliphatic carbocycles. The fourth-order valence-electron chi connectivity index (χ4n) is 5.06. The number of nitrogens with zero attached hydrogens (tertiary/aromatic N) is 1. The van der Waals surface area contributed by atoms with Gasteiger partial charge in [0.05, 0.1) is 20.3 Å². The molecule has 196 valence electrons. The van der Waals surface area contributed by atoms with Gasteiger partial charge in [-0.3, -0.25) is 4.79 Å². The SMILES string of the molecule is COc1cc2c(cc1OC)[C@@H](COc1ccc3c(C)cc(=O)oc3c1)N(C(=O)c1ccc(C)c(C)c1)CC2. The van der Waals surface area contributed by atoms with Crippen molar-refractivity contribution in [3.8, 4) is 17.2 Å². The van der Waals surface area contributed by atoms with E-state index < -0.39 is 5.63 Å². The van der Waals surface area contributed by atoms with E-state index in [2.05, 4.69) is 0 Å². The van der Waals surface area contributed by atoms with E-state index in [4.69, 9.17) is 18.6 Å². The minimum atomic E-state index is -0.403. The monoisotopic (exact) mass is 513 g/mol. The Balaban J connectivity index is 1.52. The Morgan fingerprint density at radius 3 is 2.42 bits per heavy atom. The Labute approximate surface area is 221 Å². The summed E-state index contributed by atoms with van der Waals surface area (Å²) in [5.74, 6) is 1.75. The van der Waals surface area contributed by atoms with Crippen LogP contribution in [0.5, 0.6) is 17.2 Å². The van der Waals surface area contributed by atoms with Gasteiger partial charge in [0.25, 0.3) is 5.91 Å². The largest absolute Gasteiger partial charge is 0.493 e. The zero-order valence-corrected chi connectivity index (χ0v) is 22.3. The lowest BCUT2D eigenvalue weighted by Crippen LogP contribution is -2.42. The Bertz CT molecular complexity index is 1590. The minimum absolute atomic E-state index is 0.0535. The van der Waals surface area contributed by atoms with Crippen LogP contribution in [0.25, 0.3) is 11.0 Å². The van der Waals surface area contributed by atoms with Crippen LogP contribution in [0.4, 0.5) is 0 Å². The van der Waals surface area contributed by atoms with Gasteiger partial charge in [-0.15, -0.1) is 0 Å². The molecule has 1 aliphatic heterocycles. The van der Waals surface area contributed by atoms with Crippen molar-refractivity contribution in [3.05, 3.63) is 98.4 Å². The molecule has 0 unspecified atom stereocenters. The summed E-state index contributed by atoms with van der Waals surface area (Å²) in [5, 5.41) is 0.850. The van der Waals surface area contributed by atoms with Crippen LogP contribution in [-0.4, -0.2) is 38.2 Å². The number of aryl methyl sites for hydroxylation is 3. The van der Waals surface area contributed by atoms with Crippen LogP contribution in [0, 0.1) is 20.8 Å². The van der Waals surface area contributed by atoms with Crippen LogP contribution < -0.4 is 19.8 Å². The first-order chi connectivity index (χ1) is 18.3. The molecule has 0 saturated carbocycles. The molecular weight excluding hydrogens is 482 g/mol. The molecule has 0 N–H and O–H groups in total. The van der Waals surface area contributed by atoms with Crippen LogP contribution in [0.1, 0.15) is 44.2 Å². The van der Waals surface area contributed by atoms with E-state index in [1.54, 1.807) is 20.3 Å². The van der Waals surface area contributed by atoms with Crippen molar-refractivity contribution in [1.29, 1.82) is 0 Å². The topological polar surface area (TPSA) is 78.2 Å². The molecular formula is C31H31NO6. The van der Waals surface area contributed by atoms with Gasteiger partial charge in [-0.05, 0) is 91.4 Å². The second kappa shape index (κ2) is 10.2. The average molecular weight is 514 g/mol. The van der Waals surface area contributed by atoms with Crippen molar-refractivity contribution in [1.82, 2.24) is 4.90 Å². The molecule has 38 heavy (non-hydrogen) atoms. The molecule has 0 bridgehead atoms. The van der Waals surface area contributed by atoms with E-state index in [-0.39, 0.29) is 18.6 Å². The molecule has 3 aromatic carbocycles. The van der Waals surface area contributed by atoms with Crippen LogP contribution in [0.2, 0.25) is 0 Å². The minimum Gasteiger partial charge on any atom is -0.493 e. The summed E-state index contributed by atoms with van der Waals surface area (Å²) in [7, 11) is 3.21. The number of methoxy groups -OCH3 is 2. The molecule has 0 radical (unpaired) electrons. The van der Waals surface area contributed by atoms with Gasteiger partial charge in [-0.25, -0.2) is 4.79 Å². The molecule has 0 saturated heterocycles. The van der Waals surface area contributed by atoms with Gasteiger partial charge in [0.15, 0.2) is 11.5 Å². The maximum Gasteiger partial charge on any atom is 0.336 e. The van der Waals surface area contributed by atoms with Gasteiger partial charge in [0, 0.05) is 29.6 Å². The van der Waals surface area contributed by atoms with E-state index in [1.165, 1.54) is 6.07 Å². The summed E-state index contributed by atoms with van der Waals surface area (Å²) in [6, 6.07) is 16.3. The predicted molar refractivity (Wildman–Crippen MR) is 146 cm³/mol. The lowest BCUT2D eigenvalue weighted by atomic mass is 9.91. The van der Waals surface area contributed by atoms with E-state index in [0.717, 1.165) is 33.2 Å². The highest BCUT2D eigenvalue weighted by molar-refractivity contribution is 5.95. The molecule has 2 heterocycles. The quantitative estimate of drug-likeness (QED) is 0.315. The molecule has 0 fully saturated rings. The van der Waals surface area contributed by atoms with Gasteiger partial charge in [-0.1, -0.05) is 6.07 Å². The van der Waals surface area contributed by atoms with Crippen LogP contribution in [0.15, 0.2) is 63.8 Å². The second-order valence-electron chi connectivity index (χ2n) is 9.69. The summed E-state index contributed by atoms with van der Waals surface area (Å²) >= 11 is 0. The Kier molecular flexibility index (Phi) is 6.85. The maximum atomic E-state index is 13.8. The van der Waals surface area contributed by atoms with Crippen molar-refractivity contribution >= 4 is 16.9 Å². The van der Waals surface area contributed by atoms with Gasteiger partial charge < -0.3 is 23.5 Å². The lowest BCUT2D eigenvalue weighted by Gasteiger charge is -2.37. The standard InChI is InChI=1S/C31H31NO6/c1-18-6-7-22(12-19(18)2)31(34)32-11-10-21-14-28(35-4)29(36-5)16-25(21)26(32)17-37-23-8-9-24-20(3)13-30(33)38-27(24)15-23/h6-9,12-16,26H,10-11,17H2,1-5H3/t26-/m1/s1. The third-order valence-corrected chi connectivity index (χ3v) is 7.35. The Morgan fingerprint density at radius 2 is 1.68 bits per heavy atom. The number of carbonyl (C=O) groups excluding carboxylic acids is 1. The highest BCUT2D eigenvalue weighted by Crippen LogP contribution is 2.39. The molecule has 7 heteroatoms. The van der Waals surface area contributed by atoms with Gasteiger partial charge in [0.1, 0.15) is 17.9 Å². The molecule has 4 aromatic rings. The maximum absolute atomic E-state index is 13.8. The third-order valence-electron chi connectivity index (χ3n) is 7.35. The van der Waals surface area contributed by atoms with Crippen molar-refractivity contribution in [2.75, 3.05) is 27.4 Å². The Hall–Kier alpha value is -4.26. The third kappa shape index (κ3) is 4.72. The molecule has 5 rings (SSSR count). The van der Waals surface area contributed by atoms with E-state index >= 15 is 0 Å². The van der Waals surface area contributed by atoms with Gasteiger partial charge >= 0.3 is 5.63 Å². The zero-order valence-electron chi connectivity index (χ0n) is 22.3. The molecule has 1 amide bonds. The second-order valence-corrected chi connectivity index (χ2v) is 9.69. The van der Waals surface area contributed by atoms with Crippen molar-refractivity contribution in [3.63, 3.8) is 0 Å². The number of amides is 1. The van der Waals surface area contributed by atoms with E-state index in [9.17, 15) is 9.59 Å². The number of fused-ring (bicyclic) bond motifs is 2.